The summed E-state index contributed by atoms with van der Waals surface area (Å²) in [5.74, 6) is -0.314. The Kier molecular flexibility index (Phi) is 3.83. The molecule has 0 aromatic heterocycles. The number of carbonyl (C=O) groups is 1. The number of sulfonamides is 1. The van der Waals surface area contributed by atoms with Crippen molar-refractivity contribution in [2.75, 3.05) is 6.54 Å². The van der Waals surface area contributed by atoms with Gasteiger partial charge in [0.05, 0.1) is 16.5 Å². The highest BCUT2D eigenvalue weighted by Crippen LogP contribution is 2.13. The summed E-state index contributed by atoms with van der Waals surface area (Å²) in [6, 6.07) is 6.82. The monoisotopic (exact) mass is 279 g/mol. The molecule has 0 radical (unpaired) electrons. The molecule has 1 saturated heterocycles. The Bertz CT molecular complexity index is 634. The Balaban J connectivity index is 2.22. The number of nitrogens with one attached hydrogen (secondary N) is 2. The fourth-order valence-corrected chi connectivity index (χ4v) is 3.15. The zero-order valence-electron chi connectivity index (χ0n) is 10.1. The maximum Gasteiger partial charge on any atom is 0.241 e. The van der Waals surface area contributed by atoms with E-state index in [1.165, 1.54) is 24.3 Å². The molecule has 2 N–H and O–H groups in total. The molecule has 1 aliphatic heterocycles. The van der Waals surface area contributed by atoms with Gasteiger partial charge in [0, 0.05) is 6.54 Å². The smallest absolute Gasteiger partial charge is 0.241 e. The largest absolute Gasteiger partial charge is 0.355 e. The number of hydrogen-bond donors (Lipinski definition) is 2. The van der Waals surface area contributed by atoms with Crippen molar-refractivity contribution in [2.24, 2.45) is 0 Å². The number of nitrogens with zero attached hydrogens (tertiary/aromatic N) is 1. The van der Waals surface area contributed by atoms with E-state index in [1.54, 1.807) is 0 Å². The van der Waals surface area contributed by atoms with Crippen molar-refractivity contribution in [1.82, 2.24) is 10.0 Å². The van der Waals surface area contributed by atoms with Crippen LogP contribution in [0.15, 0.2) is 29.2 Å². The van der Waals surface area contributed by atoms with E-state index in [0.29, 0.717) is 13.0 Å². The molecular weight excluding hydrogens is 266 g/mol. The second kappa shape index (κ2) is 5.38. The number of benzene rings is 1. The summed E-state index contributed by atoms with van der Waals surface area (Å²) < 4.78 is 26.6. The van der Waals surface area contributed by atoms with E-state index in [2.05, 4.69) is 10.0 Å². The average Bonchev–Trinajstić information content (AvgIpc) is 2.41. The van der Waals surface area contributed by atoms with Gasteiger partial charge in [-0.05, 0) is 31.0 Å². The van der Waals surface area contributed by atoms with Gasteiger partial charge in [0.1, 0.15) is 6.04 Å². The lowest BCUT2D eigenvalue weighted by atomic mass is 10.1. The highest BCUT2D eigenvalue weighted by molar-refractivity contribution is 7.89. The zero-order valence-corrected chi connectivity index (χ0v) is 10.9. The first kappa shape index (κ1) is 13.5. The maximum absolute atomic E-state index is 12.1. The van der Waals surface area contributed by atoms with Crippen molar-refractivity contribution in [1.29, 1.82) is 5.26 Å². The van der Waals surface area contributed by atoms with Crippen molar-refractivity contribution < 1.29 is 13.2 Å². The summed E-state index contributed by atoms with van der Waals surface area (Å²) in [7, 11) is -3.79. The molecule has 2 rings (SSSR count). The van der Waals surface area contributed by atoms with Gasteiger partial charge >= 0.3 is 0 Å². The van der Waals surface area contributed by atoms with E-state index in [-0.39, 0.29) is 16.4 Å². The van der Waals surface area contributed by atoms with E-state index < -0.39 is 16.1 Å². The number of nitriles is 1. The summed E-state index contributed by atoms with van der Waals surface area (Å²) in [6.45, 7) is 0.570. The zero-order chi connectivity index (χ0) is 13.9. The highest BCUT2D eigenvalue weighted by atomic mass is 32.2. The molecule has 1 atom stereocenters. The lowest BCUT2D eigenvalue weighted by molar-refractivity contribution is -0.124. The van der Waals surface area contributed by atoms with Crippen molar-refractivity contribution in [3.8, 4) is 6.07 Å². The fourth-order valence-electron chi connectivity index (χ4n) is 1.87. The highest BCUT2D eigenvalue weighted by Gasteiger charge is 2.27. The Morgan fingerprint density at radius 2 is 2.21 bits per heavy atom. The standard InChI is InChI=1S/C12H13N3O3S/c13-8-9-3-1-4-10(7-9)19(17,18)15-11-5-2-6-14-12(11)16/h1,3-4,7,11,15H,2,5-6H2,(H,14,16)/t11-/m1/s1. The van der Waals surface area contributed by atoms with Gasteiger partial charge in [-0.3, -0.25) is 4.79 Å². The lowest BCUT2D eigenvalue weighted by Gasteiger charge is -2.22. The number of hydrogen-bond acceptors (Lipinski definition) is 4. The molecule has 6 nitrogen and oxygen atoms in total. The van der Waals surface area contributed by atoms with Crippen molar-refractivity contribution in [3.05, 3.63) is 29.8 Å². The first-order valence-corrected chi connectivity index (χ1v) is 7.31. The van der Waals surface area contributed by atoms with Crippen LogP contribution in [0.1, 0.15) is 18.4 Å². The molecule has 7 heteroatoms. The van der Waals surface area contributed by atoms with Gasteiger partial charge in [-0.25, -0.2) is 8.42 Å². The normalized spacial score (nSPS) is 19.5. The van der Waals surface area contributed by atoms with Crippen LogP contribution in [-0.4, -0.2) is 26.9 Å². The fraction of sp³-hybridized carbons (Fsp3) is 0.333. The van der Waals surface area contributed by atoms with E-state index in [4.69, 9.17) is 5.26 Å². The van der Waals surface area contributed by atoms with E-state index in [0.717, 1.165) is 6.42 Å². The predicted molar refractivity (Wildman–Crippen MR) is 67.5 cm³/mol. The molecule has 0 unspecified atom stereocenters. The van der Waals surface area contributed by atoms with Crippen LogP contribution in [0.25, 0.3) is 0 Å². The first-order chi connectivity index (χ1) is 9.03. The Labute approximate surface area is 111 Å². The summed E-state index contributed by atoms with van der Waals surface area (Å²) in [4.78, 5) is 11.5. The molecule has 0 saturated carbocycles. The molecule has 1 aromatic carbocycles. The Morgan fingerprint density at radius 3 is 2.89 bits per heavy atom. The Morgan fingerprint density at radius 1 is 1.42 bits per heavy atom. The minimum atomic E-state index is -3.79. The lowest BCUT2D eigenvalue weighted by Crippen LogP contribution is -2.50. The van der Waals surface area contributed by atoms with E-state index in [1.807, 2.05) is 6.07 Å². The summed E-state index contributed by atoms with van der Waals surface area (Å²) >= 11 is 0. The number of carbonyl (C=O) groups excluding carboxylic acids is 1. The molecule has 0 spiro atoms. The Hall–Kier alpha value is -1.91. The van der Waals surface area contributed by atoms with Crippen molar-refractivity contribution in [2.45, 2.75) is 23.8 Å². The third-order valence-corrected chi connectivity index (χ3v) is 4.33. The molecule has 1 aliphatic rings. The quantitative estimate of drug-likeness (QED) is 0.820. The van der Waals surface area contributed by atoms with Gasteiger partial charge in [0.25, 0.3) is 0 Å². The van der Waals surface area contributed by atoms with Crippen LogP contribution in [-0.2, 0) is 14.8 Å². The van der Waals surface area contributed by atoms with Crippen LogP contribution in [0, 0.1) is 11.3 Å². The number of amides is 1. The van der Waals surface area contributed by atoms with Crippen LogP contribution in [0.5, 0.6) is 0 Å². The van der Waals surface area contributed by atoms with E-state index >= 15 is 0 Å². The molecule has 0 bridgehead atoms. The molecule has 1 fully saturated rings. The molecule has 0 aliphatic carbocycles. The van der Waals surface area contributed by atoms with Crippen LogP contribution >= 0.6 is 0 Å². The predicted octanol–water partition coefficient (Wildman–Crippen LogP) is 0.115. The molecular formula is C12H13N3O3S. The summed E-state index contributed by atoms with van der Waals surface area (Å²) in [6.07, 6.45) is 1.21. The third-order valence-electron chi connectivity index (χ3n) is 2.86. The molecule has 19 heavy (non-hydrogen) atoms. The SMILES string of the molecule is N#Cc1cccc(S(=O)(=O)N[C@@H]2CCCNC2=O)c1. The minimum Gasteiger partial charge on any atom is -0.355 e. The second-order valence-corrected chi connectivity index (χ2v) is 5.96. The van der Waals surface area contributed by atoms with Crippen molar-refractivity contribution >= 4 is 15.9 Å². The van der Waals surface area contributed by atoms with Gasteiger partial charge in [-0.2, -0.15) is 9.98 Å². The van der Waals surface area contributed by atoms with Gasteiger partial charge in [0.15, 0.2) is 0 Å². The number of rotatable bonds is 3. The topological polar surface area (TPSA) is 99.1 Å². The summed E-state index contributed by atoms with van der Waals surface area (Å²) in [5, 5.41) is 11.4. The number of piperidine rings is 1. The summed E-state index contributed by atoms with van der Waals surface area (Å²) in [5.41, 5.74) is 0.260. The average molecular weight is 279 g/mol. The van der Waals surface area contributed by atoms with Crippen LogP contribution in [0.3, 0.4) is 0 Å². The van der Waals surface area contributed by atoms with Gasteiger partial charge < -0.3 is 5.32 Å². The third kappa shape index (κ3) is 3.10. The van der Waals surface area contributed by atoms with Gasteiger partial charge in [-0.1, -0.05) is 6.07 Å². The van der Waals surface area contributed by atoms with Crippen LogP contribution < -0.4 is 10.0 Å². The second-order valence-electron chi connectivity index (χ2n) is 4.25. The van der Waals surface area contributed by atoms with Gasteiger partial charge in [0.2, 0.25) is 15.9 Å². The minimum absolute atomic E-state index is 0.00933. The van der Waals surface area contributed by atoms with Crippen molar-refractivity contribution in [3.63, 3.8) is 0 Å². The van der Waals surface area contributed by atoms with Crippen LogP contribution in [0.2, 0.25) is 0 Å². The molecule has 1 aromatic rings. The molecule has 100 valence electrons. The maximum atomic E-state index is 12.1. The van der Waals surface area contributed by atoms with Gasteiger partial charge in [-0.15, -0.1) is 0 Å². The molecule has 1 heterocycles. The van der Waals surface area contributed by atoms with E-state index in [9.17, 15) is 13.2 Å². The molecule has 1 amide bonds. The first-order valence-electron chi connectivity index (χ1n) is 5.83. The van der Waals surface area contributed by atoms with Crippen LogP contribution in [0.4, 0.5) is 0 Å².